The Labute approximate surface area is 200 Å². The fourth-order valence-corrected chi connectivity index (χ4v) is 4.79. The van der Waals surface area contributed by atoms with Gasteiger partial charge in [-0.05, 0) is 46.0 Å². The van der Waals surface area contributed by atoms with Crippen LogP contribution in [0.1, 0.15) is 26.3 Å². The lowest BCUT2D eigenvalue weighted by Gasteiger charge is -2.35. The summed E-state index contributed by atoms with van der Waals surface area (Å²) in [4.78, 5) is 12.8. The van der Waals surface area contributed by atoms with Crippen molar-refractivity contribution in [2.45, 2.75) is 32.3 Å². The molecule has 0 radical (unpaired) electrons. The van der Waals surface area contributed by atoms with Gasteiger partial charge < -0.3 is 14.8 Å². The van der Waals surface area contributed by atoms with E-state index in [2.05, 4.69) is 26.1 Å². The number of carbonyl (C=O) groups is 1. The van der Waals surface area contributed by atoms with Crippen molar-refractivity contribution in [2.24, 2.45) is 0 Å². The molecule has 1 atom stereocenters. The smallest absolute Gasteiger partial charge is 0.263 e. The summed E-state index contributed by atoms with van der Waals surface area (Å²) in [5, 5.41) is 4.99. The van der Waals surface area contributed by atoms with Crippen molar-refractivity contribution in [3.05, 3.63) is 66.2 Å². The van der Waals surface area contributed by atoms with Crippen LogP contribution in [-0.4, -0.2) is 46.4 Å². The highest BCUT2D eigenvalue weighted by Gasteiger charge is 2.35. The average Bonchev–Trinajstić information content (AvgIpc) is 2.79. The second-order valence-corrected chi connectivity index (χ2v) is 11.4. The molecule has 8 heteroatoms. The van der Waals surface area contributed by atoms with Gasteiger partial charge in [-0.15, -0.1) is 0 Å². The molecule has 180 valence electrons. The monoisotopic (exact) mass is 482 g/mol. The Morgan fingerprint density at radius 3 is 2.53 bits per heavy atom. The molecule has 0 unspecified atom stereocenters. The molecule has 1 N–H and O–H groups in total. The van der Waals surface area contributed by atoms with Crippen molar-refractivity contribution in [3.63, 3.8) is 0 Å². The SMILES string of the molecule is CC(C)(C)c1ccc2c(c1)N(S(C)(=O)=O)C[C@@H](C(=O)NCCOc1ccc3ccccc3c1)O2. The lowest BCUT2D eigenvalue weighted by Crippen LogP contribution is -2.51. The van der Waals surface area contributed by atoms with Crippen LogP contribution in [-0.2, 0) is 20.2 Å². The zero-order valence-electron chi connectivity index (χ0n) is 19.9. The number of hydrogen-bond acceptors (Lipinski definition) is 5. The quantitative estimate of drug-likeness (QED) is 0.540. The molecule has 0 aromatic heterocycles. The third-order valence-electron chi connectivity index (χ3n) is 5.78. The third-order valence-corrected chi connectivity index (χ3v) is 6.92. The van der Waals surface area contributed by atoms with Crippen molar-refractivity contribution in [2.75, 3.05) is 30.3 Å². The van der Waals surface area contributed by atoms with Gasteiger partial charge in [0.15, 0.2) is 6.10 Å². The Morgan fingerprint density at radius 2 is 1.82 bits per heavy atom. The second kappa shape index (κ2) is 9.18. The maximum absolute atomic E-state index is 12.8. The molecule has 34 heavy (non-hydrogen) atoms. The molecule has 0 saturated heterocycles. The van der Waals surface area contributed by atoms with Crippen molar-refractivity contribution in [1.29, 1.82) is 0 Å². The lowest BCUT2D eigenvalue weighted by molar-refractivity contribution is -0.127. The van der Waals surface area contributed by atoms with E-state index < -0.39 is 16.1 Å². The summed E-state index contributed by atoms with van der Waals surface area (Å²) in [5.74, 6) is 0.701. The standard InChI is InChI=1S/C26H30N2O5S/c1-26(2,3)20-10-12-23-22(16-20)28(34(4,30)31)17-24(33-23)25(29)27-13-14-32-21-11-9-18-7-5-6-8-19(18)15-21/h5-12,15-16,24H,13-14,17H2,1-4H3,(H,27,29)/t24-/m0/s1. The van der Waals surface area contributed by atoms with Crippen LogP contribution in [0.4, 0.5) is 5.69 Å². The molecule has 7 nitrogen and oxygen atoms in total. The fraction of sp³-hybridized carbons (Fsp3) is 0.346. The molecule has 0 bridgehead atoms. The van der Waals surface area contributed by atoms with Crippen molar-refractivity contribution in [1.82, 2.24) is 5.32 Å². The van der Waals surface area contributed by atoms with Gasteiger partial charge in [0, 0.05) is 0 Å². The number of ether oxygens (including phenoxy) is 2. The minimum Gasteiger partial charge on any atom is -0.492 e. The van der Waals surface area contributed by atoms with Crippen LogP contribution in [0.5, 0.6) is 11.5 Å². The molecular weight excluding hydrogens is 452 g/mol. The van der Waals surface area contributed by atoms with E-state index in [1.54, 1.807) is 6.07 Å². The number of anilines is 1. The van der Waals surface area contributed by atoms with E-state index in [0.717, 1.165) is 22.6 Å². The molecule has 1 amide bonds. The zero-order valence-corrected chi connectivity index (χ0v) is 20.7. The van der Waals surface area contributed by atoms with E-state index in [0.29, 0.717) is 17.2 Å². The minimum absolute atomic E-state index is 0.0865. The molecule has 3 aromatic rings. The highest BCUT2D eigenvalue weighted by molar-refractivity contribution is 7.92. The summed E-state index contributed by atoms with van der Waals surface area (Å²) in [6, 6.07) is 19.3. The molecule has 1 aliphatic rings. The summed E-state index contributed by atoms with van der Waals surface area (Å²) >= 11 is 0. The molecular formula is C26H30N2O5S. The summed E-state index contributed by atoms with van der Waals surface area (Å²) in [5.41, 5.74) is 1.29. The van der Waals surface area contributed by atoms with Gasteiger partial charge >= 0.3 is 0 Å². The average molecular weight is 483 g/mol. The fourth-order valence-electron chi connectivity index (χ4n) is 3.88. The summed E-state index contributed by atoms with van der Waals surface area (Å²) in [6.45, 7) is 6.62. The molecule has 1 aliphatic heterocycles. The number of nitrogens with one attached hydrogen (secondary N) is 1. The van der Waals surface area contributed by atoms with Crippen molar-refractivity contribution < 1.29 is 22.7 Å². The van der Waals surface area contributed by atoms with Crippen molar-refractivity contribution >= 4 is 32.4 Å². The lowest BCUT2D eigenvalue weighted by atomic mass is 9.86. The number of rotatable bonds is 6. The summed E-state index contributed by atoms with van der Waals surface area (Å²) in [6.07, 6.45) is 0.182. The number of benzene rings is 3. The molecule has 0 fully saturated rings. The highest BCUT2D eigenvalue weighted by atomic mass is 32.2. The van der Waals surface area contributed by atoms with Crippen LogP contribution >= 0.6 is 0 Å². The van der Waals surface area contributed by atoms with E-state index in [9.17, 15) is 13.2 Å². The van der Waals surface area contributed by atoms with E-state index in [4.69, 9.17) is 9.47 Å². The topological polar surface area (TPSA) is 84.9 Å². The van der Waals surface area contributed by atoms with Crippen LogP contribution in [0.2, 0.25) is 0 Å². The van der Waals surface area contributed by atoms with Gasteiger partial charge in [-0.3, -0.25) is 9.10 Å². The number of carbonyl (C=O) groups excluding carboxylic acids is 1. The van der Waals surface area contributed by atoms with E-state index >= 15 is 0 Å². The molecule has 4 rings (SSSR count). The summed E-state index contributed by atoms with van der Waals surface area (Å²) in [7, 11) is -3.60. The Bertz CT molecular complexity index is 1310. The Balaban J connectivity index is 1.40. The van der Waals surface area contributed by atoms with Crippen LogP contribution in [0.15, 0.2) is 60.7 Å². The van der Waals surface area contributed by atoms with Gasteiger partial charge in [-0.2, -0.15) is 0 Å². The third kappa shape index (κ3) is 5.28. The largest absolute Gasteiger partial charge is 0.492 e. The zero-order chi connectivity index (χ0) is 24.5. The Hall–Kier alpha value is -3.26. The van der Waals surface area contributed by atoms with E-state index in [1.807, 2.05) is 54.6 Å². The maximum Gasteiger partial charge on any atom is 0.263 e. The first-order valence-corrected chi connectivity index (χ1v) is 13.1. The summed E-state index contributed by atoms with van der Waals surface area (Å²) < 4.78 is 37.9. The van der Waals surface area contributed by atoms with Crippen LogP contribution in [0, 0.1) is 0 Å². The van der Waals surface area contributed by atoms with Gasteiger partial charge in [-0.25, -0.2) is 8.42 Å². The number of nitrogens with zero attached hydrogens (tertiary/aromatic N) is 1. The molecule has 1 heterocycles. The van der Waals surface area contributed by atoms with Gasteiger partial charge in [-0.1, -0.05) is 57.2 Å². The first-order chi connectivity index (χ1) is 16.0. The molecule has 0 spiro atoms. The normalized spacial score (nSPS) is 16.0. The van der Waals surface area contributed by atoms with Gasteiger partial charge in [0.1, 0.15) is 18.1 Å². The van der Waals surface area contributed by atoms with E-state index in [-0.39, 0.29) is 31.0 Å². The highest BCUT2D eigenvalue weighted by Crippen LogP contribution is 2.38. The molecule has 0 saturated carbocycles. The van der Waals surface area contributed by atoms with E-state index in [1.165, 1.54) is 4.31 Å². The minimum atomic E-state index is -3.60. The predicted molar refractivity (Wildman–Crippen MR) is 134 cm³/mol. The number of hydrogen-bond donors (Lipinski definition) is 1. The van der Waals surface area contributed by atoms with Crippen LogP contribution < -0.4 is 19.1 Å². The van der Waals surface area contributed by atoms with Gasteiger partial charge in [0.2, 0.25) is 10.0 Å². The Kier molecular flexibility index (Phi) is 6.45. The Morgan fingerprint density at radius 1 is 1.09 bits per heavy atom. The van der Waals surface area contributed by atoms with Gasteiger partial charge in [0.05, 0.1) is 25.0 Å². The maximum atomic E-state index is 12.8. The number of amides is 1. The predicted octanol–water partition coefficient (Wildman–Crippen LogP) is 3.86. The van der Waals surface area contributed by atoms with Crippen LogP contribution in [0.25, 0.3) is 10.8 Å². The number of sulfonamides is 1. The van der Waals surface area contributed by atoms with Crippen molar-refractivity contribution in [3.8, 4) is 11.5 Å². The molecule has 3 aromatic carbocycles. The number of fused-ring (bicyclic) bond motifs is 2. The molecule has 0 aliphatic carbocycles. The second-order valence-electron chi connectivity index (χ2n) is 9.48. The van der Waals surface area contributed by atoms with Crippen LogP contribution in [0.3, 0.4) is 0 Å². The first kappa shape index (κ1) is 23.9. The first-order valence-electron chi connectivity index (χ1n) is 11.2. The van der Waals surface area contributed by atoms with Gasteiger partial charge in [0.25, 0.3) is 5.91 Å².